The minimum absolute atomic E-state index is 0.0520. The summed E-state index contributed by atoms with van der Waals surface area (Å²) >= 11 is 17.2. The highest BCUT2D eigenvalue weighted by Gasteiger charge is 2.10. The molecule has 3 rings (SSSR count). The van der Waals surface area contributed by atoms with Gasteiger partial charge in [0.05, 0.1) is 16.6 Å². The van der Waals surface area contributed by atoms with Crippen LogP contribution in [-0.4, -0.2) is 31.2 Å². The molecule has 11 heteroatoms. The number of benzene rings is 1. The van der Waals surface area contributed by atoms with Crippen LogP contribution in [0.4, 0.5) is 5.95 Å². The number of nitrogens with one attached hydrogen (secondary N) is 2. The second-order valence-electron chi connectivity index (χ2n) is 5.38. The van der Waals surface area contributed by atoms with Crippen LogP contribution in [-0.2, 0) is 11.3 Å². The van der Waals surface area contributed by atoms with E-state index in [0.717, 1.165) is 0 Å². The number of aromatic nitrogens is 4. The molecule has 0 unspecified atom stereocenters. The molecule has 0 saturated carbocycles. The van der Waals surface area contributed by atoms with Gasteiger partial charge in [0.2, 0.25) is 5.91 Å². The Bertz CT molecular complexity index is 1050. The fourth-order valence-electron chi connectivity index (χ4n) is 2.15. The van der Waals surface area contributed by atoms with Gasteiger partial charge < -0.3 is 4.42 Å². The average molecular weight is 437 g/mol. The molecule has 2 heterocycles. The number of anilines is 1. The van der Waals surface area contributed by atoms with Crippen LogP contribution in [0.1, 0.15) is 12.7 Å². The van der Waals surface area contributed by atoms with Crippen LogP contribution in [0.5, 0.6) is 0 Å². The predicted molar refractivity (Wildman–Crippen MR) is 111 cm³/mol. The minimum Gasteiger partial charge on any atom is -0.457 e. The number of aryl methyl sites for hydroxylation is 1. The van der Waals surface area contributed by atoms with Gasteiger partial charge in [-0.25, -0.2) is 0 Å². The Kier molecular flexibility index (Phi) is 6.40. The first-order valence-corrected chi connectivity index (χ1v) is 9.24. The Morgan fingerprint density at radius 3 is 2.89 bits per heavy atom. The first kappa shape index (κ1) is 20.0. The lowest BCUT2D eigenvalue weighted by Gasteiger charge is -2.03. The molecular weight excluding hydrogens is 423 g/mol. The Morgan fingerprint density at radius 2 is 2.14 bits per heavy atom. The highest BCUT2D eigenvalue weighted by atomic mass is 35.5. The van der Waals surface area contributed by atoms with E-state index in [1.807, 2.05) is 6.92 Å². The molecule has 0 aliphatic heterocycles. The van der Waals surface area contributed by atoms with Crippen molar-refractivity contribution in [2.75, 3.05) is 5.32 Å². The van der Waals surface area contributed by atoms with Crippen LogP contribution >= 0.6 is 35.4 Å². The van der Waals surface area contributed by atoms with Gasteiger partial charge in [-0.1, -0.05) is 34.4 Å². The Hall–Kier alpha value is -2.75. The van der Waals surface area contributed by atoms with Crippen LogP contribution in [0.3, 0.4) is 0 Å². The normalized spacial score (nSPS) is 11.0. The number of hydrogen-bond donors (Lipinski definition) is 2. The molecule has 0 aliphatic rings. The van der Waals surface area contributed by atoms with Crippen molar-refractivity contribution in [3.63, 3.8) is 0 Å². The van der Waals surface area contributed by atoms with Crippen molar-refractivity contribution in [3.8, 4) is 11.3 Å². The molecule has 0 spiro atoms. The molecule has 0 radical (unpaired) electrons. The van der Waals surface area contributed by atoms with Gasteiger partial charge in [-0.05, 0) is 54.7 Å². The third kappa shape index (κ3) is 4.94. The minimum atomic E-state index is -0.445. The molecule has 0 fully saturated rings. The number of carbonyl (C=O) groups is 1. The maximum atomic E-state index is 12.0. The maximum Gasteiger partial charge on any atom is 0.269 e. The van der Waals surface area contributed by atoms with E-state index >= 15 is 0 Å². The number of nitrogens with zero attached hydrogens (tertiary/aromatic N) is 4. The molecule has 144 valence electrons. The number of amides is 1. The summed E-state index contributed by atoms with van der Waals surface area (Å²) in [5.74, 6) is 0.756. The number of tetrazole rings is 1. The van der Waals surface area contributed by atoms with E-state index in [1.54, 1.807) is 30.3 Å². The van der Waals surface area contributed by atoms with Gasteiger partial charge in [-0.15, -0.1) is 5.10 Å². The monoisotopic (exact) mass is 436 g/mol. The second-order valence-corrected chi connectivity index (χ2v) is 6.58. The van der Waals surface area contributed by atoms with Gasteiger partial charge in [-0.3, -0.25) is 15.4 Å². The number of carbonyl (C=O) groups excluding carboxylic acids is 1. The van der Waals surface area contributed by atoms with E-state index in [-0.39, 0.29) is 11.1 Å². The zero-order valence-electron chi connectivity index (χ0n) is 14.5. The molecule has 8 nitrogen and oxygen atoms in total. The quantitative estimate of drug-likeness (QED) is 0.463. The summed E-state index contributed by atoms with van der Waals surface area (Å²) in [6.45, 7) is 2.44. The SMILES string of the molecule is CCn1nnc(NC(=S)NC(=O)/C=C/c2ccc(-c3cccc(Cl)c3Cl)o2)n1. The number of halogens is 2. The molecule has 1 amide bonds. The number of hydrogen-bond acceptors (Lipinski definition) is 6. The van der Waals surface area contributed by atoms with Gasteiger partial charge in [0.1, 0.15) is 11.5 Å². The Labute approximate surface area is 175 Å². The standard InChI is InChI=1S/C17H14Cl2N6O2S/c1-2-25-23-16(22-24-25)21-17(28)20-14(26)9-7-10-6-8-13(27-10)11-4-3-5-12(18)15(11)19/h3-9H,2H2,1H3,(H2,20,21,23,26,28)/b9-7+. The zero-order valence-corrected chi connectivity index (χ0v) is 16.8. The molecule has 3 aromatic rings. The van der Waals surface area contributed by atoms with Crippen molar-refractivity contribution in [3.05, 3.63) is 52.2 Å². The van der Waals surface area contributed by atoms with Crippen molar-refractivity contribution in [1.29, 1.82) is 0 Å². The van der Waals surface area contributed by atoms with E-state index in [2.05, 4.69) is 26.0 Å². The summed E-state index contributed by atoms with van der Waals surface area (Å²) in [7, 11) is 0. The molecule has 1 aromatic carbocycles. The number of thiocarbonyl (C=S) groups is 1. The third-order valence-corrected chi connectivity index (χ3v) is 4.46. The smallest absolute Gasteiger partial charge is 0.269 e. The predicted octanol–water partition coefficient (Wildman–Crippen LogP) is 3.79. The van der Waals surface area contributed by atoms with E-state index in [4.69, 9.17) is 39.8 Å². The van der Waals surface area contributed by atoms with E-state index in [9.17, 15) is 4.79 Å². The van der Waals surface area contributed by atoms with E-state index in [0.29, 0.717) is 33.7 Å². The van der Waals surface area contributed by atoms with Crippen molar-refractivity contribution in [2.45, 2.75) is 13.5 Å². The van der Waals surface area contributed by atoms with Crippen molar-refractivity contribution in [1.82, 2.24) is 25.5 Å². The number of rotatable bonds is 5. The van der Waals surface area contributed by atoms with Crippen molar-refractivity contribution in [2.24, 2.45) is 0 Å². The van der Waals surface area contributed by atoms with Gasteiger partial charge in [0.25, 0.3) is 5.95 Å². The molecule has 0 atom stereocenters. The average Bonchev–Trinajstić information content (AvgIpc) is 3.31. The van der Waals surface area contributed by atoms with Crippen LogP contribution in [0.15, 0.2) is 40.8 Å². The lowest BCUT2D eigenvalue weighted by molar-refractivity contribution is -0.115. The van der Waals surface area contributed by atoms with Gasteiger partial charge in [0, 0.05) is 11.6 Å². The molecule has 2 aromatic heterocycles. The van der Waals surface area contributed by atoms with Crippen molar-refractivity contribution < 1.29 is 9.21 Å². The zero-order chi connectivity index (χ0) is 20.1. The van der Waals surface area contributed by atoms with Crippen molar-refractivity contribution >= 4 is 58.5 Å². The van der Waals surface area contributed by atoms with Gasteiger partial charge in [0.15, 0.2) is 5.11 Å². The molecule has 28 heavy (non-hydrogen) atoms. The fourth-order valence-corrected chi connectivity index (χ4v) is 2.74. The van der Waals surface area contributed by atoms with Gasteiger partial charge >= 0.3 is 0 Å². The Balaban J connectivity index is 1.59. The van der Waals surface area contributed by atoms with Crippen LogP contribution < -0.4 is 10.6 Å². The summed E-state index contributed by atoms with van der Waals surface area (Å²) in [6, 6.07) is 8.71. The topological polar surface area (TPSA) is 97.9 Å². The summed E-state index contributed by atoms with van der Waals surface area (Å²) in [4.78, 5) is 13.4. The second kappa shape index (κ2) is 8.96. The summed E-state index contributed by atoms with van der Waals surface area (Å²) in [5.41, 5.74) is 0.663. The Morgan fingerprint density at radius 1 is 1.32 bits per heavy atom. The highest BCUT2D eigenvalue weighted by Crippen LogP contribution is 2.34. The van der Waals surface area contributed by atoms with Crippen LogP contribution in [0.2, 0.25) is 10.0 Å². The summed E-state index contributed by atoms with van der Waals surface area (Å²) in [6.07, 6.45) is 2.79. The number of furan rings is 1. The summed E-state index contributed by atoms with van der Waals surface area (Å²) < 4.78 is 5.68. The highest BCUT2D eigenvalue weighted by molar-refractivity contribution is 7.80. The van der Waals surface area contributed by atoms with Crippen LogP contribution in [0, 0.1) is 0 Å². The fraction of sp³-hybridized carbons (Fsp3) is 0.118. The molecular formula is C17H14Cl2N6O2S. The van der Waals surface area contributed by atoms with Gasteiger partial charge in [-0.2, -0.15) is 4.80 Å². The molecule has 0 saturated heterocycles. The lowest BCUT2D eigenvalue weighted by Crippen LogP contribution is -2.33. The summed E-state index contributed by atoms with van der Waals surface area (Å²) in [5, 5.41) is 17.6. The molecule has 0 aliphatic carbocycles. The third-order valence-electron chi connectivity index (χ3n) is 3.44. The van der Waals surface area contributed by atoms with E-state index in [1.165, 1.54) is 16.9 Å². The van der Waals surface area contributed by atoms with E-state index < -0.39 is 5.91 Å². The first-order valence-electron chi connectivity index (χ1n) is 8.08. The van der Waals surface area contributed by atoms with Crippen LogP contribution in [0.25, 0.3) is 17.4 Å². The first-order chi connectivity index (χ1) is 13.5. The molecule has 0 bridgehead atoms. The largest absolute Gasteiger partial charge is 0.457 e. The lowest BCUT2D eigenvalue weighted by atomic mass is 10.2. The maximum absolute atomic E-state index is 12.0. The molecule has 2 N–H and O–H groups in total.